The van der Waals surface area contributed by atoms with Crippen LogP contribution in [0.4, 0.5) is 0 Å². The van der Waals surface area contributed by atoms with E-state index in [1.807, 2.05) is 18.2 Å². The van der Waals surface area contributed by atoms with Crippen LogP contribution in [-0.4, -0.2) is 25.2 Å². The van der Waals surface area contributed by atoms with Gasteiger partial charge in [0.15, 0.2) is 5.76 Å². The minimum Gasteiger partial charge on any atom is -0.465 e. The molecule has 2 heterocycles. The quantitative estimate of drug-likeness (QED) is 0.280. The van der Waals surface area contributed by atoms with Crippen molar-refractivity contribution in [1.82, 2.24) is 5.43 Å². The van der Waals surface area contributed by atoms with Crippen LogP contribution in [-0.2, 0) is 4.74 Å². The van der Waals surface area contributed by atoms with Gasteiger partial charge in [-0.1, -0.05) is 29.8 Å². The van der Waals surface area contributed by atoms with Gasteiger partial charge in [-0.25, -0.2) is 10.2 Å². The zero-order valence-electron chi connectivity index (χ0n) is 15.7. The molecule has 2 aromatic heterocycles. The average Bonchev–Trinajstić information content (AvgIpc) is 3.40. The maximum absolute atomic E-state index is 12.2. The summed E-state index contributed by atoms with van der Waals surface area (Å²) in [4.78, 5) is 24.2. The van der Waals surface area contributed by atoms with E-state index < -0.39 is 11.9 Å². The van der Waals surface area contributed by atoms with Gasteiger partial charge in [0.25, 0.3) is 0 Å². The average molecular weight is 423 g/mol. The van der Waals surface area contributed by atoms with Crippen LogP contribution in [0.3, 0.4) is 0 Å². The van der Waals surface area contributed by atoms with Crippen LogP contribution < -0.4 is 5.43 Å². The monoisotopic (exact) mass is 422 g/mol. The highest BCUT2D eigenvalue weighted by atomic mass is 35.5. The van der Waals surface area contributed by atoms with Gasteiger partial charge in [-0.05, 0) is 42.5 Å². The van der Waals surface area contributed by atoms with Crippen LogP contribution in [0.25, 0.3) is 22.3 Å². The fourth-order valence-electron chi connectivity index (χ4n) is 2.88. The number of ether oxygens (including phenoxy) is 1. The third-order valence-corrected chi connectivity index (χ3v) is 4.52. The largest absolute Gasteiger partial charge is 0.465 e. The van der Waals surface area contributed by atoms with Gasteiger partial charge in [0.1, 0.15) is 17.1 Å². The Hall–Kier alpha value is -3.84. The van der Waals surface area contributed by atoms with E-state index in [1.165, 1.54) is 13.3 Å². The maximum Gasteiger partial charge on any atom is 0.338 e. The molecule has 7 nitrogen and oxygen atoms in total. The third-order valence-electron chi connectivity index (χ3n) is 4.29. The standard InChI is InChI=1S/C22H15ClN2O5/c1-28-22(27)16-8-6-14(23)11-17(16)19-9-7-15(29-19)12-24-25-21(26)20-10-13-4-2-3-5-18(13)30-20/h2-12H,1H3,(H,25,26)/b24-12+. The minimum atomic E-state index is -0.508. The first kappa shape index (κ1) is 19.5. The molecule has 0 bridgehead atoms. The Kier molecular flexibility index (Phi) is 5.36. The summed E-state index contributed by atoms with van der Waals surface area (Å²) in [6.07, 6.45) is 1.34. The second kappa shape index (κ2) is 8.26. The van der Waals surface area contributed by atoms with Gasteiger partial charge < -0.3 is 13.6 Å². The predicted molar refractivity (Wildman–Crippen MR) is 112 cm³/mol. The van der Waals surface area contributed by atoms with E-state index in [0.717, 1.165) is 5.39 Å². The maximum atomic E-state index is 12.2. The summed E-state index contributed by atoms with van der Waals surface area (Å²) in [7, 11) is 1.30. The number of nitrogens with zero attached hydrogens (tertiary/aromatic N) is 1. The van der Waals surface area contributed by atoms with Crippen molar-refractivity contribution in [3.8, 4) is 11.3 Å². The summed E-state index contributed by atoms with van der Waals surface area (Å²) in [6.45, 7) is 0. The zero-order chi connectivity index (χ0) is 21.1. The molecule has 8 heteroatoms. The fraction of sp³-hybridized carbons (Fsp3) is 0.0455. The third kappa shape index (κ3) is 3.97. The van der Waals surface area contributed by atoms with E-state index in [0.29, 0.717) is 33.3 Å². The molecule has 150 valence electrons. The number of nitrogens with one attached hydrogen (secondary N) is 1. The molecule has 0 radical (unpaired) electrons. The lowest BCUT2D eigenvalue weighted by molar-refractivity contribution is 0.0601. The molecule has 0 aliphatic rings. The highest BCUT2D eigenvalue weighted by Gasteiger charge is 2.16. The van der Waals surface area contributed by atoms with Crippen molar-refractivity contribution in [1.29, 1.82) is 0 Å². The lowest BCUT2D eigenvalue weighted by Gasteiger charge is -2.06. The Morgan fingerprint density at radius 3 is 2.70 bits per heavy atom. The van der Waals surface area contributed by atoms with Crippen molar-refractivity contribution >= 4 is 40.7 Å². The zero-order valence-corrected chi connectivity index (χ0v) is 16.5. The number of methoxy groups -OCH3 is 1. The van der Waals surface area contributed by atoms with Crippen LogP contribution in [0, 0.1) is 0 Å². The molecular weight excluding hydrogens is 408 g/mol. The van der Waals surface area contributed by atoms with Crippen LogP contribution >= 0.6 is 11.6 Å². The van der Waals surface area contributed by atoms with Gasteiger partial charge in [-0.3, -0.25) is 4.79 Å². The van der Waals surface area contributed by atoms with Crippen LogP contribution in [0.15, 0.2) is 74.6 Å². The SMILES string of the molecule is COC(=O)c1ccc(Cl)cc1-c1ccc(/C=N/NC(=O)c2cc3ccccc3o2)o1. The number of hydrogen-bond acceptors (Lipinski definition) is 6. The van der Waals surface area contributed by atoms with E-state index in [1.54, 1.807) is 42.5 Å². The summed E-state index contributed by atoms with van der Waals surface area (Å²) in [5, 5.41) is 5.16. The summed E-state index contributed by atoms with van der Waals surface area (Å²) in [5.74, 6) is -0.0766. The number of carbonyl (C=O) groups excluding carboxylic acids is 2. The molecule has 1 amide bonds. The molecule has 0 fully saturated rings. The lowest BCUT2D eigenvalue weighted by Crippen LogP contribution is -2.16. The number of carbonyl (C=O) groups is 2. The van der Waals surface area contributed by atoms with Crippen molar-refractivity contribution in [2.75, 3.05) is 7.11 Å². The number of furan rings is 2. The summed E-state index contributed by atoms with van der Waals surface area (Å²) < 4.78 is 16.0. The molecular formula is C22H15ClN2O5. The van der Waals surface area contributed by atoms with Crippen LogP contribution in [0.1, 0.15) is 26.7 Å². The molecule has 0 aliphatic carbocycles. The van der Waals surface area contributed by atoms with Crippen molar-refractivity contribution in [3.05, 3.63) is 82.8 Å². The number of fused-ring (bicyclic) bond motifs is 1. The summed E-state index contributed by atoms with van der Waals surface area (Å²) in [5.41, 5.74) is 3.81. The minimum absolute atomic E-state index is 0.148. The number of benzene rings is 2. The molecule has 1 N–H and O–H groups in total. The molecule has 0 saturated heterocycles. The van der Waals surface area contributed by atoms with E-state index in [2.05, 4.69) is 10.5 Å². The Labute approximate surface area is 175 Å². The van der Waals surface area contributed by atoms with Crippen molar-refractivity contribution in [3.63, 3.8) is 0 Å². The van der Waals surface area contributed by atoms with E-state index in [-0.39, 0.29) is 5.76 Å². The van der Waals surface area contributed by atoms with Gasteiger partial charge in [0.2, 0.25) is 0 Å². The molecule has 0 saturated carbocycles. The number of amides is 1. The summed E-state index contributed by atoms with van der Waals surface area (Å²) >= 11 is 6.05. The van der Waals surface area contributed by atoms with E-state index in [4.69, 9.17) is 25.2 Å². The van der Waals surface area contributed by atoms with Gasteiger partial charge in [0.05, 0.1) is 18.9 Å². The number of hydrazone groups is 1. The van der Waals surface area contributed by atoms with Gasteiger partial charge in [-0.15, -0.1) is 0 Å². The fourth-order valence-corrected chi connectivity index (χ4v) is 3.05. The second-order valence-electron chi connectivity index (χ2n) is 6.23. The molecule has 0 aliphatic heterocycles. The van der Waals surface area contributed by atoms with Crippen LogP contribution in [0.2, 0.25) is 5.02 Å². The smallest absolute Gasteiger partial charge is 0.338 e. The van der Waals surface area contributed by atoms with Gasteiger partial charge in [0, 0.05) is 16.0 Å². The molecule has 4 rings (SSSR count). The van der Waals surface area contributed by atoms with Crippen molar-refractivity contribution < 1.29 is 23.2 Å². The number of esters is 1. The van der Waals surface area contributed by atoms with Gasteiger partial charge >= 0.3 is 11.9 Å². The highest BCUT2D eigenvalue weighted by Crippen LogP contribution is 2.29. The van der Waals surface area contributed by atoms with Crippen molar-refractivity contribution in [2.45, 2.75) is 0 Å². The topological polar surface area (TPSA) is 94.0 Å². The first-order valence-electron chi connectivity index (χ1n) is 8.85. The van der Waals surface area contributed by atoms with E-state index >= 15 is 0 Å². The summed E-state index contributed by atoms with van der Waals surface area (Å²) in [6, 6.07) is 17.0. The lowest BCUT2D eigenvalue weighted by atomic mass is 10.1. The Morgan fingerprint density at radius 2 is 1.90 bits per heavy atom. The number of halogens is 1. The number of para-hydroxylation sites is 1. The normalized spacial score (nSPS) is 11.1. The van der Waals surface area contributed by atoms with E-state index in [9.17, 15) is 9.59 Å². The Morgan fingerprint density at radius 1 is 1.07 bits per heavy atom. The molecule has 2 aromatic carbocycles. The first-order chi connectivity index (χ1) is 14.5. The highest BCUT2D eigenvalue weighted by molar-refractivity contribution is 6.31. The molecule has 0 unspecified atom stereocenters. The first-order valence-corrected chi connectivity index (χ1v) is 9.23. The van der Waals surface area contributed by atoms with Gasteiger partial charge in [-0.2, -0.15) is 5.10 Å². The molecule has 30 heavy (non-hydrogen) atoms. The Balaban J connectivity index is 1.50. The second-order valence-corrected chi connectivity index (χ2v) is 6.67. The molecule has 0 atom stereocenters. The predicted octanol–water partition coefficient (Wildman–Crippen LogP) is 4.90. The Bertz CT molecular complexity index is 1240. The number of rotatable bonds is 5. The molecule has 0 spiro atoms. The van der Waals surface area contributed by atoms with Crippen molar-refractivity contribution in [2.24, 2.45) is 5.10 Å². The molecule has 4 aromatic rings. The van der Waals surface area contributed by atoms with Crippen LogP contribution in [0.5, 0.6) is 0 Å². The number of hydrogen-bond donors (Lipinski definition) is 1.